The third-order valence-corrected chi connectivity index (χ3v) is 5.94. The van der Waals surface area contributed by atoms with Gasteiger partial charge in [-0.1, -0.05) is 13.8 Å². The Balaban J connectivity index is 3.21. The first kappa shape index (κ1) is 16.1. The maximum atomic E-state index is 13.1. The quantitative estimate of drug-likeness (QED) is 0.813. The molecule has 1 aromatic carbocycles. The van der Waals surface area contributed by atoms with Crippen molar-refractivity contribution in [3.05, 3.63) is 26.9 Å². The molecule has 0 saturated heterocycles. The van der Waals surface area contributed by atoms with E-state index in [0.717, 1.165) is 12.1 Å². The third-order valence-electron chi connectivity index (χ3n) is 2.54. The Kier molecular flexibility index (Phi) is 5.76. The van der Waals surface area contributed by atoms with E-state index < -0.39 is 15.8 Å². The summed E-state index contributed by atoms with van der Waals surface area (Å²) >= 11 is 6.16. The van der Waals surface area contributed by atoms with E-state index in [9.17, 15) is 12.8 Å². The van der Waals surface area contributed by atoms with Gasteiger partial charge in [-0.15, -0.1) is 0 Å². The molecule has 0 heterocycles. The molecule has 102 valence electrons. The van der Waals surface area contributed by atoms with Crippen LogP contribution in [0, 0.1) is 5.82 Å². The molecule has 0 spiro atoms. The van der Waals surface area contributed by atoms with Crippen LogP contribution in [0.2, 0.25) is 0 Å². The van der Waals surface area contributed by atoms with E-state index in [1.165, 1.54) is 0 Å². The van der Waals surface area contributed by atoms with E-state index in [0.29, 0.717) is 12.8 Å². The van der Waals surface area contributed by atoms with Gasteiger partial charge < -0.3 is 0 Å². The second-order valence-corrected chi connectivity index (χ2v) is 7.19. The maximum absolute atomic E-state index is 13.1. The lowest BCUT2D eigenvalue weighted by Crippen LogP contribution is -2.34. The van der Waals surface area contributed by atoms with Gasteiger partial charge in [0.25, 0.3) is 0 Å². The Morgan fingerprint density at radius 3 is 2.06 bits per heavy atom. The topological polar surface area (TPSA) is 46.2 Å². The van der Waals surface area contributed by atoms with E-state index in [-0.39, 0.29) is 19.9 Å². The molecule has 0 fully saturated rings. The summed E-state index contributed by atoms with van der Waals surface area (Å²) in [4.78, 5) is 0.0239. The van der Waals surface area contributed by atoms with Crippen LogP contribution >= 0.6 is 31.9 Å². The smallest absolute Gasteiger partial charge is 0.208 e. The van der Waals surface area contributed by atoms with Crippen molar-refractivity contribution >= 4 is 41.9 Å². The zero-order valence-electron chi connectivity index (χ0n) is 10.0. The molecule has 0 aliphatic rings. The Hall–Kier alpha value is 0.0200. The van der Waals surface area contributed by atoms with Gasteiger partial charge in [0.2, 0.25) is 10.0 Å². The van der Waals surface area contributed by atoms with Crippen molar-refractivity contribution in [1.82, 2.24) is 4.72 Å². The summed E-state index contributed by atoms with van der Waals surface area (Å²) in [6.07, 6.45) is 1.40. The van der Waals surface area contributed by atoms with Crippen molar-refractivity contribution in [3.63, 3.8) is 0 Å². The van der Waals surface area contributed by atoms with Gasteiger partial charge >= 0.3 is 0 Å². The minimum absolute atomic E-state index is 0.0239. The van der Waals surface area contributed by atoms with E-state index >= 15 is 0 Å². The summed E-state index contributed by atoms with van der Waals surface area (Å²) in [6, 6.07) is 2.14. The molecule has 1 N–H and O–H groups in total. The van der Waals surface area contributed by atoms with Crippen molar-refractivity contribution < 1.29 is 12.8 Å². The molecule has 0 aliphatic heterocycles. The summed E-state index contributed by atoms with van der Waals surface area (Å²) in [5.41, 5.74) is 0. The van der Waals surface area contributed by atoms with Gasteiger partial charge in [0.15, 0.2) is 0 Å². The van der Waals surface area contributed by atoms with Gasteiger partial charge in [-0.2, -0.15) is 0 Å². The van der Waals surface area contributed by atoms with Crippen LogP contribution in [0.15, 0.2) is 26.0 Å². The Labute approximate surface area is 123 Å². The number of hydrogen-bond donors (Lipinski definition) is 1. The Bertz CT molecular complexity index is 507. The molecule has 1 rings (SSSR count). The number of halogens is 3. The molecule has 0 saturated carbocycles. The van der Waals surface area contributed by atoms with Crippen LogP contribution in [0.3, 0.4) is 0 Å². The predicted molar refractivity (Wildman–Crippen MR) is 76.5 cm³/mol. The average Bonchev–Trinajstić information content (AvgIpc) is 2.23. The lowest BCUT2D eigenvalue weighted by atomic mass is 10.2. The minimum Gasteiger partial charge on any atom is -0.208 e. The van der Waals surface area contributed by atoms with Crippen LogP contribution < -0.4 is 4.72 Å². The molecule has 7 heteroatoms. The number of benzene rings is 1. The summed E-state index contributed by atoms with van der Waals surface area (Å²) in [5.74, 6) is -0.504. The van der Waals surface area contributed by atoms with Gasteiger partial charge in [-0.05, 0) is 56.8 Å². The van der Waals surface area contributed by atoms with Gasteiger partial charge in [0.1, 0.15) is 10.7 Å². The van der Waals surface area contributed by atoms with Crippen molar-refractivity contribution in [2.24, 2.45) is 0 Å². The molecule has 0 atom stereocenters. The molecular weight excluding hydrogens is 389 g/mol. The highest BCUT2D eigenvalue weighted by atomic mass is 79.9. The number of nitrogens with one attached hydrogen (secondary N) is 1. The zero-order chi connectivity index (χ0) is 13.9. The fourth-order valence-corrected chi connectivity index (χ4v) is 5.45. The SMILES string of the molecule is CCC(CC)NS(=O)(=O)c1c(Br)cc(F)cc1Br. The van der Waals surface area contributed by atoms with Crippen molar-refractivity contribution in [3.8, 4) is 0 Å². The second-order valence-electron chi connectivity index (χ2n) is 3.83. The highest BCUT2D eigenvalue weighted by Gasteiger charge is 2.24. The number of hydrogen-bond acceptors (Lipinski definition) is 2. The molecule has 1 aromatic rings. The van der Waals surface area contributed by atoms with Gasteiger partial charge in [0.05, 0.1) is 0 Å². The second kappa shape index (κ2) is 6.45. The predicted octanol–water partition coefficient (Wildman–Crippen LogP) is 3.82. The van der Waals surface area contributed by atoms with Crippen LogP contribution in [-0.2, 0) is 10.0 Å². The molecule has 18 heavy (non-hydrogen) atoms. The van der Waals surface area contributed by atoms with E-state index in [2.05, 4.69) is 36.6 Å². The van der Waals surface area contributed by atoms with E-state index in [4.69, 9.17) is 0 Å². The van der Waals surface area contributed by atoms with E-state index in [1.807, 2.05) is 13.8 Å². The van der Waals surface area contributed by atoms with Crippen LogP contribution in [0.4, 0.5) is 4.39 Å². The van der Waals surface area contributed by atoms with Crippen LogP contribution in [0.25, 0.3) is 0 Å². The first-order chi connectivity index (χ1) is 8.31. The van der Waals surface area contributed by atoms with Crippen molar-refractivity contribution in [2.75, 3.05) is 0 Å². The van der Waals surface area contributed by atoms with Crippen molar-refractivity contribution in [1.29, 1.82) is 0 Å². The van der Waals surface area contributed by atoms with Crippen molar-refractivity contribution in [2.45, 2.75) is 37.6 Å². The van der Waals surface area contributed by atoms with Crippen LogP contribution in [0.1, 0.15) is 26.7 Å². The molecule has 0 bridgehead atoms. The molecular formula is C11H14Br2FNO2S. The molecule has 0 unspecified atom stereocenters. The number of rotatable bonds is 5. The molecule has 3 nitrogen and oxygen atoms in total. The lowest BCUT2D eigenvalue weighted by molar-refractivity contribution is 0.529. The third kappa shape index (κ3) is 3.76. The monoisotopic (exact) mass is 401 g/mol. The zero-order valence-corrected chi connectivity index (χ0v) is 14.0. The van der Waals surface area contributed by atoms with Gasteiger partial charge in [-0.3, -0.25) is 0 Å². The molecule has 0 aromatic heterocycles. The lowest BCUT2D eigenvalue weighted by Gasteiger charge is -2.16. The Morgan fingerprint density at radius 1 is 1.22 bits per heavy atom. The number of sulfonamides is 1. The van der Waals surface area contributed by atoms with E-state index in [1.54, 1.807) is 0 Å². The van der Waals surface area contributed by atoms with Crippen LogP contribution in [-0.4, -0.2) is 14.5 Å². The Morgan fingerprint density at radius 2 is 1.67 bits per heavy atom. The normalized spacial score (nSPS) is 12.1. The van der Waals surface area contributed by atoms with Gasteiger partial charge in [0, 0.05) is 15.0 Å². The first-order valence-corrected chi connectivity index (χ1v) is 8.55. The maximum Gasteiger partial charge on any atom is 0.243 e. The molecule has 0 aliphatic carbocycles. The summed E-state index contributed by atoms with van der Waals surface area (Å²) < 4.78 is 40.6. The highest BCUT2D eigenvalue weighted by Crippen LogP contribution is 2.31. The summed E-state index contributed by atoms with van der Waals surface area (Å²) in [6.45, 7) is 3.82. The minimum atomic E-state index is -3.67. The molecule has 0 radical (unpaired) electrons. The standard InChI is InChI=1S/C11H14Br2FNO2S/c1-3-8(4-2)15-18(16,17)11-9(12)5-7(14)6-10(11)13/h5-6,8,15H,3-4H2,1-2H3. The fourth-order valence-electron chi connectivity index (χ4n) is 1.52. The average molecular weight is 403 g/mol. The first-order valence-electron chi connectivity index (χ1n) is 5.48. The largest absolute Gasteiger partial charge is 0.243 e. The highest BCUT2D eigenvalue weighted by molar-refractivity contribution is 9.11. The summed E-state index contributed by atoms with van der Waals surface area (Å²) in [7, 11) is -3.67. The molecule has 0 amide bonds. The summed E-state index contributed by atoms with van der Waals surface area (Å²) in [5, 5.41) is 0. The fraction of sp³-hybridized carbons (Fsp3) is 0.455. The van der Waals surface area contributed by atoms with Gasteiger partial charge in [-0.25, -0.2) is 17.5 Å². The van der Waals surface area contributed by atoms with Crippen LogP contribution in [0.5, 0.6) is 0 Å².